The molecule has 0 radical (unpaired) electrons. The average Bonchev–Trinajstić information content (AvgIpc) is 3.24. The molecular formula is C29H30N4O5. The van der Waals surface area contributed by atoms with Gasteiger partial charge < -0.3 is 20.7 Å². The molecule has 196 valence electrons. The lowest BCUT2D eigenvalue weighted by Gasteiger charge is -2.29. The van der Waals surface area contributed by atoms with Crippen molar-refractivity contribution in [3.8, 4) is 17.6 Å². The molecule has 4 amide bonds. The van der Waals surface area contributed by atoms with Crippen LogP contribution in [0.5, 0.6) is 5.75 Å². The Morgan fingerprint density at radius 3 is 2.79 bits per heavy atom. The van der Waals surface area contributed by atoms with Gasteiger partial charge in [0.25, 0.3) is 11.8 Å². The molecule has 9 nitrogen and oxygen atoms in total. The highest BCUT2D eigenvalue weighted by Gasteiger charge is 2.39. The Morgan fingerprint density at radius 2 is 2.00 bits per heavy atom. The van der Waals surface area contributed by atoms with Crippen LogP contribution in [-0.4, -0.2) is 47.7 Å². The second-order valence-corrected chi connectivity index (χ2v) is 9.99. The smallest absolute Gasteiger partial charge is 0.255 e. The van der Waals surface area contributed by atoms with Gasteiger partial charge in [0.05, 0.1) is 12.8 Å². The SMILES string of the molecule is COc1cc(C(=O)N[C@@H]2CCC[C@H](C#Cc3cccc4c3CN(C3CCC(=O)NC3=O)C4=O)C2)ccc1N. The number of ether oxygens (including phenoxy) is 1. The Bertz CT molecular complexity index is 1370. The number of benzene rings is 2. The molecule has 3 atom stereocenters. The number of fused-ring (bicyclic) bond motifs is 1. The third-order valence-corrected chi connectivity index (χ3v) is 7.50. The number of amides is 4. The second-order valence-electron chi connectivity index (χ2n) is 9.99. The van der Waals surface area contributed by atoms with Crippen LogP contribution >= 0.6 is 0 Å². The molecule has 0 aromatic heterocycles. The molecule has 9 heteroatoms. The van der Waals surface area contributed by atoms with E-state index in [2.05, 4.69) is 22.5 Å². The van der Waals surface area contributed by atoms with Crippen molar-refractivity contribution in [2.24, 2.45) is 5.92 Å². The van der Waals surface area contributed by atoms with Gasteiger partial charge in [0.1, 0.15) is 11.8 Å². The van der Waals surface area contributed by atoms with E-state index in [4.69, 9.17) is 10.5 Å². The van der Waals surface area contributed by atoms with Gasteiger partial charge in [0.2, 0.25) is 11.8 Å². The number of piperidine rings is 1. The molecule has 0 spiro atoms. The van der Waals surface area contributed by atoms with E-state index in [-0.39, 0.29) is 36.1 Å². The minimum absolute atomic E-state index is 0.00480. The number of rotatable bonds is 4. The first kappa shape index (κ1) is 25.3. The molecule has 1 aliphatic carbocycles. The Morgan fingerprint density at radius 1 is 1.16 bits per heavy atom. The number of nitrogens with one attached hydrogen (secondary N) is 2. The van der Waals surface area contributed by atoms with Crippen LogP contribution in [0.25, 0.3) is 0 Å². The molecule has 2 fully saturated rings. The van der Waals surface area contributed by atoms with Crippen LogP contribution in [0.1, 0.15) is 70.4 Å². The number of anilines is 1. The highest BCUT2D eigenvalue weighted by Crippen LogP contribution is 2.30. The van der Waals surface area contributed by atoms with Gasteiger partial charge in [0.15, 0.2) is 0 Å². The molecule has 2 aliphatic heterocycles. The van der Waals surface area contributed by atoms with E-state index in [1.54, 1.807) is 30.3 Å². The van der Waals surface area contributed by atoms with Crippen molar-refractivity contribution >= 4 is 29.3 Å². The largest absolute Gasteiger partial charge is 0.495 e. The van der Waals surface area contributed by atoms with Crippen LogP contribution in [0.2, 0.25) is 0 Å². The first-order chi connectivity index (χ1) is 18.3. The van der Waals surface area contributed by atoms with Crippen LogP contribution in [0.15, 0.2) is 36.4 Å². The van der Waals surface area contributed by atoms with E-state index >= 15 is 0 Å². The maximum absolute atomic E-state index is 13.1. The van der Waals surface area contributed by atoms with Gasteiger partial charge in [-0.05, 0) is 61.6 Å². The molecule has 3 aliphatic rings. The maximum Gasteiger partial charge on any atom is 0.255 e. The molecule has 1 saturated carbocycles. The molecule has 2 aromatic carbocycles. The molecule has 1 unspecified atom stereocenters. The lowest BCUT2D eigenvalue weighted by atomic mass is 9.85. The van der Waals surface area contributed by atoms with Gasteiger partial charge in [-0.1, -0.05) is 24.3 Å². The van der Waals surface area contributed by atoms with Crippen molar-refractivity contribution in [3.63, 3.8) is 0 Å². The predicted molar refractivity (Wildman–Crippen MR) is 140 cm³/mol. The quantitative estimate of drug-likeness (QED) is 0.326. The van der Waals surface area contributed by atoms with Crippen molar-refractivity contribution in [2.45, 2.75) is 57.2 Å². The van der Waals surface area contributed by atoms with Gasteiger partial charge >= 0.3 is 0 Å². The minimum Gasteiger partial charge on any atom is -0.495 e. The first-order valence-electron chi connectivity index (χ1n) is 12.9. The lowest BCUT2D eigenvalue weighted by Crippen LogP contribution is -2.52. The summed E-state index contributed by atoms with van der Waals surface area (Å²) in [5.74, 6) is 6.10. The topological polar surface area (TPSA) is 131 Å². The predicted octanol–water partition coefficient (Wildman–Crippen LogP) is 2.38. The third-order valence-electron chi connectivity index (χ3n) is 7.50. The minimum atomic E-state index is -0.655. The number of nitrogens with two attached hydrogens (primary N) is 1. The maximum atomic E-state index is 13.1. The van der Waals surface area contributed by atoms with Crippen LogP contribution in [-0.2, 0) is 16.1 Å². The van der Waals surface area contributed by atoms with Gasteiger partial charge in [-0.15, -0.1) is 0 Å². The van der Waals surface area contributed by atoms with E-state index in [0.717, 1.165) is 36.8 Å². The summed E-state index contributed by atoms with van der Waals surface area (Å²) in [6.07, 6.45) is 4.04. The van der Waals surface area contributed by atoms with E-state index in [9.17, 15) is 19.2 Å². The normalized spacial score (nSPS) is 22.7. The van der Waals surface area contributed by atoms with E-state index < -0.39 is 11.9 Å². The fourth-order valence-electron chi connectivity index (χ4n) is 5.46. The fraction of sp³-hybridized carbons (Fsp3) is 0.379. The number of carbonyl (C=O) groups excluding carboxylic acids is 4. The van der Waals surface area contributed by atoms with Gasteiger partial charge in [-0.2, -0.15) is 0 Å². The molecule has 0 bridgehead atoms. The Hall–Kier alpha value is -4.32. The molecule has 5 rings (SSSR count). The second kappa shape index (κ2) is 10.6. The molecule has 1 saturated heterocycles. The lowest BCUT2D eigenvalue weighted by molar-refractivity contribution is -0.136. The third kappa shape index (κ3) is 5.07. The van der Waals surface area contributed by atoms with Crippen LogP contribution < -0.4 is 21.1 Å². The summed E-state index contributed by atoms with van der Waals surface area (Å²) in [4.78, 5) is 51.3. The summed E-state index contributed by atoms with van der Waals surface area (Å²) in [5.41, 5.74) is 8.96. The summed E-state index contributed by atoms with van der Waals surface area (Å²) in [6.45, 7) is 0.291. The summed E-state index contributed by atoms with van der Waals surface area (Å²) in [5, 5.41) is 5.45. The van der Waals surface area contributed by atoms with Gasteiger partial charge in [-0.25, -0.2) is 0 Å². The van der Waals surface area contributed by atoms with Crippen LogP contribution in [0, 0.1) is 17.8 Å². The van der Waals surface area contributed by atoms with E-state index in [1.807, 2.05) is 6.07 Å². The molecular weight excluding hydrogens is 484 g/mol. The average molecular weight is 515 g/mol. The summed E-state index contributed by atoms with van der Waals surface area (Å²) < 4.78 is 5.23. The Labute approximate surface area is 221 Å². The zero-order valence-electron chi connectivity index (χ0n) is 21.2. The van der Waals surface area contributed by atoms with Crippen molar-refractivity contribution in [1.82, 2.24) is 15.5 Å². The summed E-state index contributed by atoms with van der Waals surface area (Å²) in [7, 11) is 1.52. The molecule has 4 N–H and O–H groups in total. The number of hydrogen-bond donors (Lipinski definition) is 3. The first-order valence-corrected chi connectivity index (χ1v) is 12.9. The van der Waals surface area contributed by atoms with Crippen molar-refractivity contribution < 1.29 is 23.9 Å². The van der Waals surface area contributed by atoms with Gasteiger partial charge in [0, 0.05) is 41.6 Å². The van der Waals surface area contributed by atoms with Crippen molar-refractivity contribution in [1.29, 1.82) is 0 Å². The number of nitrogen functional groups attached to an aromatic ring is 1. The summed E-state index contributed by atoms with van der Waals surface area (Å²) in [6, 6.07) is 9.79. The van der Waals surface area contributed by atoms with E-state index in [0.29, 0.717) is 35.5 Å². The number of nitrogens with zero attached hydrogens (tertiary/aromatic N) is 1. The number of methoxy groups -OCH3 is 1. The fourth-order valence-corrected chi connectivity index (χ4v) is 5.46. The molecule has 38 heavy (non-hydrogen) atoms. The van der Waals surface area contributed by atoms with Crippen LogP contribution in [0.3, 0.4) is 0 Å². The van der Waals surface area contributed by atoms with Gasteiger partial charge in [-0.3, -0.25) is 24.5 Å². The van der Waals surface area contributed by atoms with Crippen molar-refractivity contribution in [3.05, 3.63) is 58.7 Å². The Kier molecular flexibility index (Phi) is 7.05. The number of imide groups is 1. The van der Waals surface area contributed by atoms with Crippen LogP contribution in [0.4, 0.5) is 5.69 Å². The zero-order valence-corrected chi connectivity index (χ0v) is 21.2. The van der Waals surface area contributed by atoms with Crippen molar-refractivity contribution in [2.75, 3.05) is 12.8 Å². The zero-order chi connectivity index (χ0) is 26.8. The highest BCUT2D eigenvalue weighted by molar-refractivity contribution is 6.05. The standard InChI is InChI=1S/C29H30N4O5/c1-38-25-15-19(10-11-23(25)30)27(35)31-20-6-2-4-17(14-20)8-9-18-5-3-7-21-22(18)16-33(29(21)37)24-12-13-26(34)32-28(24)36/h3,5,7,10-11,15,17,20,24H,2,4,6,12-14,16,30H2,1H3,(H,31,35)(H,32,34,36)/t17-,20-,24?/m1/s1. The Balaban J connectivity index is 1.26. The monoisotopic (exact) mass is 514 g/mol. The molecule has 2 aromatic rings. The summed E-state index contributed by atoms with van der Waals surface area (Å²) >= 11 is 0. The highest BCUT2D eigenvalue weighted by atomic mass is 16.5. The number of hydrogen-bond acceptors (Lipinski definition) is 6. The number of carbonyl (C=O) groups is 4. The van der Waals surface area contributed by atoms with E-state index in [1.165, 1.54) is 12.0 Å². The molecule has 2 heterocycles.